The van der Waals surface area contributed by atoms with Crippen LogP contribution in [-0.2, 0) is 17.8 Å². The molecule has 0 aliphatic heterocycles. The summed E-state index contributed by atoms with van der Waals surface area (Å²) in [6.07, 6.45) is 3.28. The Balaban J connectivity index is 2.06. The third kappa shape index (κ3) is 3.19. The van der Waals surface area contributed by atoms with Crippen LogP contribution < -0.4 is 0 Å². The minimum Gasteiger partial charge on any atom is -0.347 e. The molecule has 0 unspecified atom stereocenters. The van der Waals surface area contributed by atoms with Gasteiger partial charge in [-0.15, -0.1) is 0 Å². The molecule has 0 spiro atoms. The van der Waals surface area contributed by atoms with Crippen molar-refractivity contribution in [2.45, 2.75) is 13.0 Å². The molecule has 0 saturated heterocycles. The van der Waals surface area contributed by atoms with E-state index >= 15 is 0 Å². The number of para-hydroxylation sites is 1. The van der Waals surface area contributed by atoms with Gasteiger partial charge in [-0.3, -0.25) is 14.9 Å². The maximum Gasteiger partial charge on any atom is 0.273 e. The van der Waals surface area contributed by atoms with Gasteiger partial charge in [-0.05, 0) is 0 Å². The molecule has 2 rings (SSSR count). The zero-order chi connectivity index (χ0) is 14.5. The smallest absolute Gasteiger partial charge is 0.273 e. The summed E-state index contributed by atoms with van der Waals surface area (Å²) in [5.41, 5.74) is 0.376. The average Bonchev–Trinajstić information content (AvgIpc) is 2.91. The highest BCUT2D eigenvalue weighted by molar-refractivity contribution is 5.79. The molecule has 1 amide bonds. The zero-order valence-corrected chi connectivity index (χ0v) is 10.9. The van der Waals surface area contributed by atoms with Crippen molar-refractivity contribution in [2.24, 2.45) is 0 Å². The number of nitro groups is 1. The molecule has 0 aliphatic rings. The van der Waals surface area contributed by atoms with Crippen molar-refractivity contribution < 1.29 is 9.72 Å². The molecule has 0 bridgehead atoms. The number of amides is 1. The van der Waals surface area contributed by atoms with Gasteiger partial charge in [0, 0.05) is 31.1 Å². The Labute approximate surface area is 115 Å². The van der Waals surface area contributed by atoms with E-state index in [1.807, 2.05) is 0 Å². The minimum absolute atomic E-state index is 0.00559. The summed E-state index contributed by atoms with van der Waals surface area (Å²) in [7, 11) is 1.64. The van der Waals surface area contributed by atoms with Crippen LogP contribution in [0.15, 0.2) is 36.7 Å². The molecule has 7 nitrogen and oxygen atoms in total. The predicted octanol–water partition coefficient (Wildman–Crippen LogP) is 1.52. The molecular weight excluding hydrogens is 260 g/mol. The number of aromatic nitrogens is 2. The number of nitrogens with one attached hydrogen (secondary N) is 1. The van der Waals surface area contributed by atoms with E-state index in [1.54, 1.807) is 37.6 Å². The van der Waals surface area contributed by atoms with Crippen LogP contribution in [0.25, 0.3) is 0 Å². The van der Waals surface area contributed by atoms with Crippen molar-refractivity contribution in [3.63, 3.8) is 0 Å². The highest BCUT2D eigenvalue weighted by atomic mass is 16.6. The van der Waals surface area contributed by atoms with Crippen molar-refractivity contribution >= 4 is 11.6 Å². The second kappa shape index (κ2) is 5.96. The third-order valence-electron chi connectivity index (χ3n) is 2.90. The molecule has 1 aromatic heterocycles. The molecule has 0 saturated carbocycles. The van der Waals surface area contributed by atoms with Crippen LogP contribution in [0.2, 0.25) is 0 Å². The normalized spacial score (nSPS) is 10.2. The SMILES string of the molecule is CN(Cc1ncc[nH]1)C(=O)Cc1ccccc1[N+](=O)[O-]. The number of nitro benzene ring substituents is 1. The van der Waals surface area contributed by atoms with Gasteiger partial charge in [0.2, 0.25) is 5.91 Å². The lowest BCUT2D eigenvalue weighted by Crippen LogP contribution is -2.28. The lowest BCUT2D eigenvalue weighted by Gasteiger charge is -2.15. The Morgan fingerprint density at radius 1 is 1.45 bits per heavy atom. The van der Waals surface area contributed by atoms with E-state index in [-0.39, 0.29) is 18.0 Å². The average molecular weight is 274 g/mol. The van der Waals surface area contributed by atoms with E-state index in [0.29, 0.717) is 17.9 Å². The highest BCUT2D eigenvalue weighted by Gasteiger charge is 2.18. The van der Waals surface area contributed by atoms with Crippen LogP contribution in [0, 0.1) is 10.1 Å². The molecule has 7 heteroatoms. The summed E-state index contributed by atoms with van der Waals surface area (Å²) >= 11 is 0. The topological polar surface area (TPSA) is 92.1 Å². The molecule has 0 atom stereocenters. The zero-order valence-electron chi connectivity index (χ0n) is 10.9. The summed E-state index contributed by atoms with van der Waals surface area (Å²) in [6.45, 7) is 0.340. The first-order valence-electron chi connectivity index (χ1n) is 6.02. The number of rotatable bonds is 5. The molecule has 0 fully saturated rings. The Kier molecular flexibility index (Phi) is 4.09. The molecule has 1 aromatic carbocycles. The molecule has 0 aliphatic carbocycles. The van der Waals surface area contributed by atoms with E-state index in [4.69, 9.17) is 0 Å². The van der Waals surface area contributed by atoms with E-state index < -0.39 is 4.92 Å². The molecule has 1 N–H and O–H groups in total. The van der Waals surface area contributed by atoms with Gasteiger partial charge in [0.25, 0.3) is 5.69 Å². The number of benzene rings is 1. The van der Waals surface area contributed by atoms with Crippen LogP contribution in [0.5, 0.6) is 0 Å². The van der Waals surface area contributed by atoms with Gasteiger partial charge >= 0.3 is 0 Å². The first kappa shape index (κ1) is 13.7. The molecule has 20 heavy (non-hydrogen) atoms. The Hall–Kier alpha value is -2.70. The van der Waals surface area contributed by atoms with Crippen molar-refractivity contribution in [1.82, 2.24) is 14.9 Å². The van der Waals surface area contributed by atoms with Crippen molar-refractivity contribution in [3.05, 3.63) is 58.2 Å². The number of nitrogens with zero attached hydrogens (tertiary/aromatic N) is 3. The first-order chi connectivity index (χ1) is 9.58. The van der Waals surface area contributed by atoms with Gasteiger partial charge in [-0.25, -0.2) is 4.98 Å². The van der Waals surface area contributed by atoms with Gasteiger partial charge in [-0.2, -0.15) is 0 Å². The molecular formula is C13H14N4O3. The number of hydrogen-bond acceptors (Lipinski definition) is 4. The van der Waals surface area contributed by atoms with E-state index in [9.17, 15) is 14.9 Å². The van der Waals surface area contributed by atoms with E-state index in [2.05, 4.69) is 9.97 Å². The largest absolute Gasteiger partial charge is 0.347 e. The monoisotopic (exact) mass is 274 g/mol. The van der Waals surface area contributed by atoms with Gasteiger partial charge in [0.15, 0.2) is 0 Å². The lowest BCUT2D eigenvalue weighted by molar-refractivity contribution is -0.385. The van der Waals surface area contributed by atoms with Gasteiger partial charge in [0.1, 0.15) is 5.82 Å². The summed E-state index contributed by atoms with van der Waals surface area (Å²) < 4.78 is 0. The fourth-order valence-electron chi connectivity index (χ4n) is 1.83. The highest BCUT2D eigenvalue weighted by Crippen LogP contribution is 2.18. The summed E-state index contributed by atoms with van der Waals surface area (Å²) in [5.74, 6) is 0.471. The maximum absolute atomic E-state index is 12.1. The quantitative estimate of drug-likeness (QED) is 0.661. The second-order valence-corrected chi connectivity index (χ2v) is 4.35. The third-order valence-corrected chi connectivity index (χ3v) is 2.90. The number of aromatic amines is 1. The second-order valence-electron chi connectivity index (χ2n) is 4.35. The van der Waals surface area contributed by atoms with Crippen LogP contribution in [0.3, 0.4) is 0 Å². The summed E-state index contributed by atoms with van der Waals surface area (Å²) in [5, 5.41) is 10.9. The fraction of sp³-hybridized carbons (Fsp3) is 0.231. The van der Waals surface area contributed by atoms with Gasteiger partial charge in [-0.1, -0.05) is 18.2 Å². The first-order valence-corrected chi connectivity index (χ1v) is 6.02. The lowest BCUT2D eigenvalue weighted by atomic mass is 10.1. The predicted molar refractivity (Wildman–Crippen MR) is 71.9 cm³/mol. The molecule has 1 heterocycles. The summed E-state index contributed by atoms with van der Waals surface area (Å²) in [6, 6.07) is 6.26. The summed E-state index contributed by atoms with van der Waals surface area (Å²) in [4.78, 5) is 30.9. The maximum atomic E-state index is 12.1. The van der Waals surface area contributed by atoms with E-state index in [1.165, 1.54) is 11.0 Å². The number of likely N-dealkylation sites (N-methyl/N-ethyl adjacent to an activating group) is 1. The fourth-order valence-corrected chi connectivity index (χ4v) is 1.83. The number of carbonyl (C=O) groups excluding carboxylic acids is 1. The van der Waals surface area contributed by atoms with Gasteiger partial charge in [0.05, 0.1) is 17.9 Å². The Bertz CT molecular complexity index is 610. The molecule has 0 radical (unpaired) electrons. The molecule has 104 valence electrons. The van der Waals surface area contributed by atoms with Crippen LogP contribution in [0.4, 0.5) is 5.69 Å². The van der Waals surface area contributed by atoms with Gasteiger partial charge < -0.3 is 9.88 Å². The Morgan fingerprint density at radius 3 is 2.85 bits per heavy atom. The number of hydrogen-bond donors (Lipinski definition) is 1. The number of carbonyl (C=O) groups is 1. The minimum atomic E-state index is -0.477. The number of imidazole rings is 1. The van der Waals surface area contributed by atoms with Crippen LogP contribution >= 0.6 is 0 Å². The standard InChI is InChI=1S/C13H14N4O3/c1-16(9-12-14-6-7-15-12)13(18)8-10-4-2-3-5-11(10)17(19)20/h2-7H,8-9H2,1H3,(H,14,15). The van der Waals surface area contributed by atoms with Crippen molar-refractivity contribution in [3.8, 4) is 0 Å². The number of H-pyrrole nitrogens is 1. The van der Waals surface area contributed by atoms with Crippen LogP contribution in [0.1, 0.15) is 11.4 Å². The Morgan fingerprint density at radius 2 is 2.20 bits per heavy atom. The van der Waals surface area contributed by atoms with E-state index in [0.717, 1.165) is 0 Å². The van der Waals surface area contributed by atoms with Crippen LogP contribution in [-0.4, -0.2) is 32.7 Å². The van der Waals surface area contributed by atoms with Crippen molar-refractivity contribution in [2.75, 3.05) is 7.05 Å². The van der Waals surface area contributed by atoms with Crippen molar-refractivity contribution in [1.29, 1.82) is 0 Å². The molecule has 2 aromatic rings.